The third-order valence-electron chi connectivity index (χ3n) is 3.59. The average Bonchev–Trinajstić information content (AvgIpc) is 3.17. The molecule has 1 heterocycles. The van der Waals surface area contributed by atoms with E-state index in [0.29, 0.717) is 11.8 Å². The van der Waals surface area contributed by atoms with Gasteiger partial charge in [-0.1, -0.05) is 30.3 Å². The summed E-state index contributed by atoms with van der Waals surface area (Å²) in [6, 6.07) is 11.9. The molecule has 3 rings (SSSR count). The highest BCUT2D eigenvalue weighted by Crippen LogP contribution is 2.53. The predicted octanol–water partition coefficient (Wildman–Crippen LogP) is 1.63. The van der Waals surface area contributed by atoms with E-state index in [4.69, 9.17) is 5.73 Å². The lowest BCUT2D eigenvalue weighted by Gasteiger charge is -2.05. The van der Waals surface area contributed by atoms with E-state index in [9.17, 15) is 4.79 Å². The minimum absolute atomic E-state index is 0.0868. The number of nitrogen functional groups attached to an aromatic ring is 1. The van der Waals surface area contributed by atoms with Crippen LogP contribution in [0.5, 0.6) is 0 Å². The molecule has 18 heavy (non-hydrogen) atoms. The Morgan fingerprint density at radius 3 is 2.67 bits per heavy atom. The van der Waals surface area contributed by atoms with Crippen LogP contribution in [0, 0.1) is 0 Å². The van der Waals surface area contributed by atoms with Crippen molar-refractivity contribution in [3.63, 3.8) is 0 Å². The smallest absolute Gasteiger partial charge is 0.254 e. The summed E-state index contributed by atoms with van der Waals surface area (Å²) in [6.45, 7) is 0. The third kappa shape index (κ3) is 1.79. The van der Waals surface area contributed by atoms with Crippen LogP contribution in [0.3, 0.4) is 0 Å². The Labute approximate surface area is 105 Å². The molecular formula is C14H15N3O. The maximum Gasteiger partial charge on any atom is 0.254 e. The third-order valence-corrected chi connectivity index (χ3v) is 3.59. The fourth-order valence-corrected chi connectivity index (χ4v) is 2.36. The van der Waals surface area contributed by atoms with Crippen molar-refractivity contribution < 1.29 is 0 Å². The molecule has 0 bridgehead atoms. The van der Waals surface area contributed by atoms with Gasteiger partial charge in [-0.25, -0.2) is 4.98 Å². The summed E-state index contributed by atoms with van der Waals surface area (Å²) in [7, 11) is 1.63. The van der Waals surface area contributed by atoms with Crippen molar-refractivity contribution in [2.24, 2.45) is 7.05 Å². The van der Waals surface area contributed by atoms with Gasteiger partial charge < -0.3 is 5.73 Å². The largest absolute Gasteiger partial charge is 0.369 e. The molecule has 1 aliphatic rings. The quantitative estimate of drug-likeness (QED) is 0.869. The molecule has 0 saturated heterocycles. The standard InChI is InChI=1S/C14H15N3O/c1-17-13(18)8-12(16-14(17)15)11-7-10(11)9-5-3-2-4-6-9/h2-6,8,10-11H,7H2,1H3,(H2,15,16)/t10-,11-/m0/s1. The van der Waals surface area contributed by atoms with Gasteiger partial charge in [0.2, 0.25) is 5.95 Å². The van der Waals surface area contributed by atoms with E-state index in [1.54, 1.807) is 13.1 Å². The van der Waals surface area contributed by atoms with E-state index in [-0.39, 0.29) is 11.5 Å². The number of nitrogens with zero attached hydrogens (tertiary/aromatic N) is 2. The summed E-state index contributed by atoms with van der Waals surface area (Å²) >= 11 is 0. The van der Waals surface area contributed by atoms with Gasteiger partial charge in [-0.2, -0.15) is 0 Å². The molecular weight excluding hydrogens is 226 g/mol. The van der Waals surface area contributed by atoms with Crippen LogP contribution in [0.15, 0.2) is 41.2 Å². The number of aromatic nitrogens is 2. The predicted molar refractivity (Wildman–Crippen MR) is 70.4 cm³/mol. The zero-order valence-corrected chi connectivity index (χ0v) is 10.2. The highest BCUT2D eigenvalue weighted by Gasteiger charge is 2.40. The van der Waals surface area contributed by atoms with Gasteiger partial charge in [-0.05, 0) is 17.9 Å². The van der Waals surface area contributed by atoms with Crippen LogP contribution in [0.1, 0.15) is 29.5 Å². The number of benzene rings is 1. The average molecular weight is 241 g/mol. The van der Waals surface area contributed by atoms with E-state index in [2.05, 4.69) is 17.1 Å². The molecule has 1 saturated carbocycles. The minimum Gasteiger partial charge on any atom is -0.369 e. The lowest BCUT2D eigenvalue weighted by Crippen LogP contribution is -2.21. The SMILES string of the molecule is Cn1c(N)nc([C@H]2C[C@H]2c2ccccc2)cc1=O. The Morgan fingerprint density at radius 1 is 1.28 bits per heavy atom. The van der Waals surface area contributed by atoms with Crippen molar-refractivity contribution in [3.05, 3.63) is 58.0 Å². The molecule has 0 unspecified atom stereocenters. The van der Waals surface area contributed by atoms with E-state index >= 15 is 0 Å². The number of hydrogen-bond acceptors (Lipinski definition) is 3. The van der Waals surface area contributed by atoms with Gasteiger partial charge in [0.25, 0.3) is 5.56 Å². The molecule has 4 heteroatoms. The Bertz CT molecular complexity index is 633. The number of hydrogen-bond donors (Lipinski definition) is 1. The summed E-state index contributed by atoms with van der Waals surface area (Å²) in [5.74, 6) is 1.10. The molecule has 1 fully saturated rings. The molecule has 0 radical (unpaired) electrons. The molecule has 1 aliphatic carbocycles. The fourth-order valence-electron chi connectivity index (χ4n) is 2.36. The van der Waals surface area contributed by atoms with Gasteiger partial charge in [-0.3, -0.25) is 9.36 Å². The molecule has 2 atom stereocenters. The number of rotatable bonds is 2. The first-order valence-electron chi connectivity index (χ1n) is 6.05. The Balaban J connectivity index is 1.89. The zero-order valence-electron chi connectivity index (χ0n) is 10.2. The van der Waals surface area contributed by atoms with E-state index < -0.39 is 0 Å². The van der Waals surface area contributed by atoms with Crippen molar-refractivity contribution in [1.29, 1.82) is 0 Å². The van der Waals surface area contributed by atoms with Crippen molar-refractivity contribution in [2.75, 3.05) is 5.73 Å². The monoisotopic (exact) mass is 241 g/mol. The second-order valence-corrected chi connectivity index (χ2v) is 4.80. The van der Waals surface area contributed by atoms with Gasteiger partial charge in [0, 0.05) is 19.0 Å². The highest BCUT2D eigenvalue weighted by molar-refractivity contribution is 5.34. The van der Waals surface area contributed by atoms with Crippen molar-refractivity contribution in [2.45, 2.75) is 18.3 Å². The van der Waals surface area contributed by atoms with Gasteiger partial charge >= 0.3 is 0 Å². The van der Waals surface area contributed by atoms with Crippen LogP contribution in [-0.4, -0.2) is 9.55 Å². The molecule has 1 aromatic carbocycles. The highest BCUT2D eigenvalue weighted by atomic mass is 16.1. The van der Waals surface area contributed by atoms with Crippen LogP contribution >= 0.6 is 0 Å². The Hall–Kier alpha value is -2.10. The molecule has 92 valence electrons. The molecule has 0 aliphatic heterocycles. The lowest BCUT2D eigenvalue weighted by molar-refractivity contribution is 0.813. The summed E-state index contributed by atoms with van der Waals surface area (Å²) in [5.41, 5.74) is 7.77. The van der Waals surface area contributed by atoms with Gasteiger partial charge in [0.15, 0.2) is 0 Å². The molecule has 2 aromatic rings. The zero-order chi connectivity index (χ0) is 12.7. The normalized spacial score (nSPS) is 21.8. The van der Waals surface area contributed by atoms with Gasteiger partial charge in [-0.15, -0.1) is 0 Å². The van der Waals surface area contributed by atoms with E-state index in [1.165, 1.54) is 10.1 Å². The van der Waals surface area contributed by atoms with Crippen LogP contribution in [-0.2, 0) is 7.05 Å². The molecule has 0 spiro atoms. The van der Waals surface area contributed by atoms with Crippen LogP contribution in [0.25, 0.3) is 0 Å². The first kappa shape index (κ1) is 11.0. The molecule has 1 aromatic heterocycles. The topological polar surface area (TPSA) is 60.9 Å². The van der Waals surface area contributed by atoms with Crippen LogP contribution in [0.2, 0.25) is 0 Å². The van der Waals surface area contributed by atoms with Crippen molar-refractivity contribution >= 4 is 5.95 Å². The van der Waals surface area contributed by atoms with Gasteiger partial charge in [0.1, 0.15) is 0 Å². The first-order valence-corrected chi connectivity index (χ1v) is 6.05. The maximum atomic E-state index is 11.7. The lowest BCUT2D eigenvalue weighted by atomic mass is 10.1. The fraction of sp³-hybridized carbons (Fsp3) is 0.286. The molecule has 4 nitrogen and oxygen atoms in total. The molecule has 2 N–H and O–H groups in total. The second kappa shape index (κ2) is 3.98. The van der Waals surface area contributed by atoms with E-state index in [1.807, 2.05) is 18.2 Å². The number of nitrogens with two attached hydrogens (primary N) is 1. The van der Waals surface area contributed by atoms with Gasteiger partial charge in [0.05, 0.1) is 5.69 Å². The second-order valence-electron chi connectivity index (χ2n) is 4.80. The Kier molecular flexibility index (Phi) is 2.44. The van der Waals surface area contributed by atoms with Crippen LogP contribution < -0.4 is 11.3 Å². The summed E-state index contributed by atoms with van der Waals surface area (Å²) in [6.07, 6.45) is 1.05. The van der Waals surface area contributed by atoms with Crippen molar-refractivity contribution in [1.82, 2.24) is 9.55 Å². The van der Waals surface area contributed by atoms with Crippen molar-refractivity contribution in [3.8, 4) is 0 Å². The molecule has 0 amide bonds. The summed E-state index contributed by atoms with van der Waals surface area (Å²) in [5, 5.41) is 0. The minimum atomic E-state index is -0.0868. The summed E-state index contributed by atoms with van der Waals surface area (Å²) < 4.78 is 1.36. The first-order chi connectivity index (χ1) is 8.66. The van der Waals surface area contributed by atoms with E-state index in [0.717, 1.165) is 12.1 Å². The maximum absolute atomic E-state index is 11.7. The summed E-state index contributed by atoms with van der Waals surface area (Å²) in [4.78, 5) is 16.0. The number of anilines is 1. The Morgan fingerprint density at radius 2 is 2.00 bits per heavy atom. The van der Waals surface area contributed by atoms with Crippen LogP contribution in [0.4, 0.5) is 5.95 Å².